The van der Waals surface area contributed by atoms with Crippen LogP contribution in [0.3, 0.4) is 0 Å². The third kappa shape index (κ3) is 8.91. The highest BCUT2D eigenvalue weighted by Crippen LogP contribution is 2.04. The Labute approximate surface area is 168 Å². The first-order chi connectivity index (χ1) is 11.8. The summed E-state index contributed by atoms with van der Waals surface area (Å²) in [5, 5.41) is 6.84. The van der Waals surface area contributed by atoms with Crippen molar-refractivity contribution in [2.24, 2.45) is 4.99 Å². The van der Waals surface area contributed by atoms with E-state index < -0.39 is 0 Å². The molecular weight excluding hydrogens is 431 g/mol. The van der Waals surface area contributed by atoms with Crippen molar-refractivity contribution in [1.82, 2.24) is 15.5 Å². The summed E-state index contributed by atoms with van der Waals surface area (Å²) >= 11 is 0. The molecule has 1 saturated heterocycles. The molecular formula is C18H33IN4O2. The summed E-state index contributed by atoms with van der Waals surface area (Å²) in [6.07, 6.45) is 4.91. The highest BCUT2D eigenvalue weighted by molar-refractivity contribution is 14.0. The van der Waals surface area contributed by atoms with Crippen molar-refractivity contribution < 1.29 is 9.15 Å². The lowest BCUT2D eigenvalue weighted by Crippen LogP contribution is -2.44. The average Bonchev–Trinajstić information content (AvgIpc) is 3.13. The Balaban J connectivity index is 0.00000312. The second kappa shape index (κ2) is 13.4. The van der Waals surface area contributed by atoms with E-state index >= 15 is 0 Å². The molecule has 0 amide bonds. The zero-order valence-electron chi connectivity index (χ0n) is 15.5. The summed E-state index contributed by atoms with van der Waals surface area (Å²) in [5.41, 5.74) is 0. The number of ether oxygens (including phenoxy) is 1. The number of morpholine rings is 1. The number of halogens is 1. The number of hydrogen-bond donors (Lipinski definition) is 2. The molecule has 0 aliphatic carbocycles. The Hall–Kier alpha value is -0.800. The molecule has 1 aliphatic rings. The van der Waals surface area contributed by atoms with Gasteiger partial charge in [0.2, 0.25) is 0 Å². The molecule has 2 N–H and O–H groups in total. The van der Waals surface area contributed by atoms with Crippen LogP contribution in [0.4, 0.5) is 0 Å². The molecule has 2 rings (SSSR count). The minimum Gasteiger partial charge on any atom is -0.469 e. The number of hydrogen-bond acceptors (Lipinski definition) is 4. The van der Waals surface area contributed by atoms with Crippen LogP contribution in [-0.2, 0) is 11.2 Å². The first-order valence-corrected chi connectivity index (χ1v) is 9.16. The normalized spacial score (nSPS) is 17.0. The monoisotopic (exact) mass is 464 g/mol. The quantitative estimate of drug-likeness (QED) is 0.255. The van der Waals surface area contributed by atoms with E-state index in [9.17, 15) is 0 Å². The van der Waals surface area contributed by atoms with Crippen molar-refractivity contribution in [3.8, 4) is 0 Å². The second-order valence-electron chi connectivity index (χ2n) is 6.22. The molecule has 1 aliphatic heterocycles. The summed E-state index contributed by atoms with van der Waals surface area (Å²) in [7, 11) is 0. The number of nitrogens with zero attached hydrogens (tertiary/aromatic N) is 2. The van der Waals surface area contributed by atoms with E-state index in [1.165, 1.54) is 6.42 Å². The van der Waals surface area contributed by atoms with E-state index in [0.717, 1.165) is 70.5 Å². The van der Waals surface area contributed by atoms with E-state index in [4.69, 9.17) is 14.1 Å². The number of aliphatic imine (C=N–C) groups is 1. The van der Waals surface area contributed by atoms with Crippen LogP contribution in [-0.4, -0.2) is 62.8 Å². The summed E-state index contributed by atoms with van der Waals surface area (Å²) in [6, 6.07) is 4.36. The van der Waals surface area contributed by atoms with Gasteiger partial charge in [0.25, 0.3) is 0 Å². The molecule has 1 fully saturated rings. The van der Waals surface area contributed by atoms with Crippen LogP contribution in [0.2, 0.25) is 0 Å². The van der Waals surface area contributed by atoms with Gasteiger partial charge >= 0.3 is 0 Å². The van der Waals surface area contributed by atoms with Crippen molar-refractivity contribution in [2.45, 2.75) is 39.2 Å². The summed E-state index contributed by atoms with van der Waals surface area (Å²) in [6.45, 7) is 10.7. The predicted octanol–water partition coefficient (Wildman–Crippen LogP) is 2.50. The topological polar surface area (TPSA) is 62.0 Å². The van der Waals surface area contributed by atoms with Crippen molar-refractivity contribution in [1.29, 1.82) is 0 Å². The fourth-order valence-electron chi connectivity index (χ4n) is 2.67. The van der Waals surface area contributed by atoms with Crippen LogP contribution in [0.25, 0.3) is 0 Å². The maximum Gasteiger partial charge on any atom is 0.191 e. The maximum atomic E-state index is 5.42. The van der Waals surface area contributed by atoms with Gasteiger partial charge in [-0.05, 0) is 25.5 Å². The molecule has 25 heavy (non-hydrogen) atoms. The van der Waals surface area contributed by atoms with Gasteiger partial charge in [-0.3, -0.25) is 9.89 Å². The van der Waals surface area contributed by atoms with Gasteiger partial charge < -0.3 is 19.8 Å². The third-order valence-electron chi connectivity index (χ3n) is 4.25. The predicted molar refractivity (Wildman–Crippen MR) is 113 cm³/mol. The van der Waals surface area contributed by atoms with Crippen molar-refractivity contribution in [3.05, 3.63) is 24.2 Å². The molecule has 1 unspecified atom stereocenters. The van der Waals surface area contributed by atoms with Crippen LogP contribution < -0.4 is 10.6 Å². The average molecular weight is 464 g/mol. The van der Waals surface area contributed by atoms with Gasteiger partial charge in [0.05, 0.1) is 26.0 Å². The first-order valence-electron chi connectivity index (χ1n) is 9.16. The van der Waals surface area contributed by atoms with E-state index in [2.05, 4.69) is 29.4 Å². The minimum atomic E-state index is 0. The van der Waals surface area contributed by atoms with E-state index in [1.54, 1.807) is 6.26 Å². The molecule has 144 valence electrons. The largest absolute Gasteiger partial charge is 0.469 e. The van der Waals surface area contributed by atoms with Gasteiger partial charge in [-0.25, -0.2) is 0 Å². The van der Waals surface area contributed by atoms with Crippen molar-refractivity contribution in [2.75, 3.05) is 45.9 Å². The van der Waals surface area contributed by atoms with Crippen molar-refractivity contribution >= 4 is 29.9 Å². The second-order valence-corrected chi connectivity index (χ2v) is 6.22. The minimum absolute atomic E-state index is 0. The number of furan rings is 1. The fourth-order valence-corrected chi connectivity index (χ4v) is 2.67. The lowest BCUT2D eigenvalue weighted by Gasteiger charge is -2.31. The molecule has 6 nitrogen and oxygen atoms in total. The molecule has 1 aromatic rings. The van der Waals surface area contributed by atoms with Crippen molar-refractivity contribution in [3.63, 3.8) is 0 Å². The van der Waals surface area contributed by atoms with Gasteiger partial charge in [-0.2, -0.15) is 0 Å². The number of unbranched alkanes of at least 4 members (excludes halogenated alkanes) is 1. The third-order valence-corrected chi connectivity index (χ3v) is 4.25. The summed E-state index contributed by atoms with van der Waals surface area (Å²) < 4.78 is 10.8. The first kappa shape index (κ1) is 22.2. The molecule has 0 radical (unpaired) electrons. The zero-order valence-corrected chi connectivity index (χ0v) is 17.8. The maximum absolute atomic E-state index is 5.42. The van der Waals surface area contributed by atoms with E-state index in [-0.39, 0.29) is 24.0 Å². The molecule has 7 heteroatoms. The van der Waals surface area contributed by atoms with Crippen LogP contribution in [0.5, 0.6) is 0 Å². The molecule has 2 heterocycles. The Morgan fingerprint density at radius 2 is 2.04 bits per heavy atom. The lowest BCUT2D eigenvalue weighted by atomic mass is 10.2. The number of guanidine groups is 1. The Bertz CT molecular complexity index is 462. The number of rotatable bonds is 9. The SMILES string of the molecule is CCCCNC(=NCC(C)N1CCOCC1)NCCc1ccco1.I. The Morgan fingerprint density at radius 3 is 2.72 bits per heavy atom. The van der Waals surface area contributed by atoms with Gasteiger partial charge in [0.15, 0.2) is 5.96 Å². The van der Waals surface area contributed by atoms with Crippen LogP contribution in [0, 0.1) is 0 Å². The molecule has 1 atom stereocenters. The molecule has 0 aromatic carbocycles. The summed E-state index contributed by atoms with van der Waals surface area (Å²) in [5.74, 6) is 1.90. The van der Waals surface area contributed by atoms with Crippen LogP contribution in [0.15, 0.2) is 27.8 Å². The highest BCUT2D eigenvalue weighted by Gasteiger charge is 2.16. The van der Waals surface area contributed by atoms with Crippen LogP contribution in [0.1, 0.15) is 32.4 Å². The molecule has 0 saturated carbocycles. The number of nitrogens with one attached hydrogen (secondary N) is 2. The van der Waals surface area contributed by atoms with Gasteiger partial charge in [-0.15, -0.1) is 24.0 Å². The molecule has 1 aromatic heterocycles. The fraction of sp³-hybridized carbons (Fsp3) is 0.722. The smallest absolute Gasteiger partial charge is 0.191 e. The molecule has 0 bridgehead atoms. The highest BCUT2D eigenvalue weighted by atomic mass is 127. The van der Waals surface area contributed by atoms with E-state index in [0.29, 0.717) is 6.04 Å². The van der Waals surface area contributed by atoms with Crippen LogP contribution >= 0.6 is 24.0 Å². The standard InChI is InChI=1S/C18H32N4O2.HI/c1-3-4-8-19-18(20-9-7-17-6-5-12-24-17)21-15-16(2)22-10-13-23-14-11-22;/h5-6,12,16H,3-4,7-11,13-15H2,1-2H3,(H2,19,20,21);1H. The Kier molecular flexibility index (Phi) is 11.9. The lowest BCUT2D eigenvalue weighted by molar-refractivity contribution is 0.0220. The van der Waals surface area contributed by atoms with Gasteiger partial charge in [-0.1, -0.05) is 13.3 Å². The van der Waals surface area contributed by atoms with Gasteiger partial charge in [0, 0.05) is 38.6 Å². The Morgan fingerprint density at radius 1 is 1.28 bits per heavy atom. The van der Waals surface area contributed by atoms with E-state index in [1.807, 2.05) is 12.1 Å². The molecule has 0 spiro atoms. The summed E-state index contributed by atoms with van der Waals surface area (Å²) in [4.78, 5) is 7.21. The van der Waals surface area contributed by atoms with Gasteiger partial charge in [0.1, 0.15) is 5.76 Å². The zero-order chi connectivity index (χ0) is 17.0.